The van der Waals surface area contributed by atoms with Gasteiger partial charge in [-0.05, 0) is 44.7 Å². The fourth-order valence-electron chi connectivity index (χ4n) is 1.85. The summed E-state index contributed by atoms with van der Waals surface area (Å²) in [5, 5.41) is 6.01. The number of benzene rings is 1. The van der Waals surface area contributed by atoms with E-state index in [9.17, 15) is 4.79 Å². The third-order valence-electron chi connectivity index (χ3n) is 3.15. The van der Waals surface area contributed by atoms with Crippen LogP contribution in [0.25, 0.3) is 0 Å². The Bertz CT molecular complexity index is 575. The smallest absolute Gasteiger partial charge is 0.291 e. The Morgan fingerprint density at radius 3 is 2.74 bits per heavy atom. The zero-order valence-corrected chi connectivity index (χ0v) is 11.4. The van der Waals surface area contributed by atoms with Crippen molar-refractivity contribution in [1.82, 2.24) is 5.32 Å². The summed E-state index contributed by atoms with van der Waals surface area (Å²) in [6, 6.07) is 9.78. The quantitative estimate of drug-likeness (QED) is 0.886. The van der Waals surface area contributed by atoms with Crippen LogP contribution in [0.1, 0.15) is 34.6 Å². The lowest BCUT2D eigenvalue weighted by Gasteiger charge is -2.12. The Labute approximate surface area is 112 Å². The van der Waals surface area contributed by atoms with Gasteiger partial charge in [0.05, 0.1) is 6.26 Å². The van der Waals surface area contributed by atoms with E-state index in [0.29, 0.717) is 5.76 Å². The fourth-order valence-corrected chi connectivity index (χ4v) is 1.85. The van der Waals surface area contributed by atoms with Crippen LogP contribution in [0.5, 0.6) is 0 Å². The molecule has 1 aromatic heterocycles. The Morgan fingerprint density at radius 2 is 2.11 bits per heavy atom. The lowest BCUT2D eigenvalue weighted by Crippen LogP contribution is -2.14. The highest BCUT2D eigenvalue weighted by molar-refractivity contribution is 6.03. The molecule has 1 atom stereocenters. The fraction of sp³-hybridized carbons (Fsp3) is 0.267. The van der Waals surface area contributed by atoms with E-state index >= 15 is 0 Å². The minimum absolute atomic E-state index is 0.225. The molecular weight excluding hydrogens is 240 g/mol. The van der Waals surface area contributed by atoms with Crippen molar-refractivity contribution in [3.05, 3.63) is 53.5 Å². The van der Waals surface area contributed by atoms with Gasteiger partial charge >= 0.3 is 0 Å². The monoisotopic (exact) mass is 258 g/mol. The molecule has 19 heavy (non-hydrogen) atoms. The highest BCUT2D eigenvalue weighted by Gasteiger charge is 2.13. The number of nitrogens with one attached hydrogen (secondary N) is 2. The summed E-state index contributed by atoms with van der Waals surface area (Å²) in [6.07, 6.45) is 1.52. The Kier molecular flexibility index (Phi) is 4.02. The summed E-state index contributed by atoms with van der Waals surface area (Å²) in [7, 11) is 1.90. The molecule has 0 radical (unpaired) electrons. The minimum atomic E-state index is -0.225. The Balaban J connectivity index is 2.15. The van der Waals surface area contributed by atoms with Crippen LogP contribution < -0.4 is 10.6 Å². The molecule has 0 saturated heterocycles. The molecule has 2 aromatic rings. The van der Waals surface area contributed by atoms with Gasteiger partial charge in [0.15, 0.2) is 5.76 Å². The molecule has 0 aliphatic rings. The van der Waals surface area contributed by atoms with E-state index in [1.54, 1.807) is 6.07 Å². The molecule has 0 saturated carbocycles. The molecule has 4 heteroatoms. The summed E-state index contributed by atoms with van der Waals surface area (Å²) >= 11 is 0. The van der Waals surface area contributed by atoms with Crippen molar-refractivity contribution in [3.63, 3.8) is 0 Å². The number of aryl methyl sites for hydroxylation is 1. The van der Waals surface area contributed by atoms with E-state index in [0.717, 1.165) is 16.8 Å². The first-order valence-electron chi connectivity index (χ1n) is 6.24. The number of carbonyl (C=O) groups is 1. The first-order valence-corrected chi connectivity index (χ1v) is 6.24. The second-order valence-corrected chi connectivity index (χ2v) is 4.52. The van der Waals surface area contributed by atoms with E-state index in [2.05, 4.69) is 17.6 Å². The van der Waals surface area contributed by atoms with Crippen molar-refractivity contribution in [1.29, 1.82) is 0 Å². The van der Waals surface area contributed by atoms with Gasteiger partial charge < -0.3 is 15.1 Å². The summed E-state index contributed by atoms with van der Waals surface area (Å²) in [5.41, 5.74) is 2.72. The molecule has 100 valence electrons. The second kappa shape index (κ2) is 5.71. The Morgan fingerprint density at radius 1 is 1.32 bits per heavy atom. The van der Waals surface area contributed by atoms with Crippen LogP contribution in [0.4, 0.5) is 5.69 Å². The van der Waals surface area contributed by atoms with E-state index in [-0.39, 0.29) is 11.9 Å². The van der Waals surface area contributed by atoms with E-state index in [1.807, 2.05) is 38.2 Å². The van der Waals surface area contributed by atoms with E-state index < -0.39 is 0 Å². The average molecular weight is 258 g/mol. The predicted octanol–water partition coefficient (Wildman–Crippen LogP) is 3.12. The van der Waals surface area contributed by atoms with Crippen LogP contribution in [0.2, 0.25) is 0 Å². The molecule has 2 N–H and O–H groups in total. The number of hydrogen-bond donors (Lipinski definition) is 2. The lowest BCUT2D eigenvalue weighted by molar-refractivity contribution is 0.0996. The van der Waals surface area contributed by atoms with Gasteiger partial charge in [-0.2, -0.15) is 0 Å². The van der Waals surface area contributed by atoms with Gasteiger partial charge in [0, 0.05) is 17.3 Å². The molecule has 1 heterocycles. The van der Waals surface area contributed by atoms with Crippen LogP contribution in [0.15, 0.2) is 41.0 Å². The molecule has 4 nitrogen and oxygen atoms in total. The van der Waals surface area contributed by atoms with Gasteiger partial charge in [-0.15, -0.1) is 0 Å². The molecule has 0 aliphatic carbocycles. The summed E-state index contributed by atoms with van der Waals surface area (Å²) < 4.78 is 5.17. The van der Waals surface area contributed by atoms with Crippen LogP contribution in [-0.2, 0) is 0 Å². The van der Waals surface area contributed by atoms with Crippen molar-refractivity contribution in [2.45, 2.75) is 19.9 Å². The van der Waals surface area contributed by atoms with Gasteiger partial charge in [-0.3, -0.25) is 4.79 Å². The maximum absolute atomic E-state index is 12.0. The summed E-state index contributed by atoms with van der Waals surface area (Å²) in [5.74, 6) is 0.129. The molecule has 0 spiro atoms. The molecule has 1 unspecified atom stereocenters. The second-order valence-electron chi connectivity index (χ2n) is 4.52. The number of rotatable bonds is 4. The third kappa shape index (κ3) is 3.03. The van der Waals surface area contributed by atoms with Gasteiger partial charge in [0.25, 0.3) is 5.91 Å². The molecule has 0 aliphatic heterocycles. The molecule has 2 rings (SSSR count). The number of anilines is 1. The van der Waals surface area contributed by atoms with Crippen LogP contribution in [0, 0.1) is 6.92 Å². The van der Waals surface area contributed by atoms with E-state index in [4.69, 9.17) is 4.42 Å². The van der Waals surface area contributed by atoms with Gasteiger partial charge in [0.1, 0.15) is 0 Å². The van der Waals surface area contributed by atoms with Crippen LogP contribution in [-0.4, -0.2) is 13.0 Å². The maximum Gasteiger partial charge on any atom is 0.291 e. The van der Waals surface area contributed by atoms with Crippen LogP contribution >= 0.6 is 0 Å². The maximum atomic E-state index is 12.0. The summed E-state index contributed by atoms with van der Waals surface area (Å²) in [4.78, 5) is 12.0. The average Bonchev–Trinajstić information content (AvgIpc) is 2.84. The zero-order chi connectivity index (χ0) is 13.8. The lowest BCUT2D eigenvalue weighted by atomic mass is 10.1. The molecule has 1 amide bonds. The number of hydrogen-bond acceptors (Lipinski definition) is 3. The highest BCUT2D eigenvalue weighted by Crippen LogP contribution is 2.18. The molecule has 1 aromatic carbocycles. The highest BCUT2D eigenvalue weighted by atomic mass is 16.3. The van der Waals surface area contributed by atoms with E-state index in [1.165, 1.54) is 6.26 Å². The van der Waals surface area contributed by atoms with Crippen molar-refractivity contribution in [3.8, 4) is 0 Å². The normalized spacial score (nSPS) is 12.2. The molecular formula is C15H18N2O2. The molecule has 0 bridgehead atoms. The topological polar surface area (TPSA) is 54.3 Å². The van der Waals surface area contributed by atoms with Crippen LogP contribution in [0.3, 0.4) is 0 Å². The van der Waals surface area contributed by atoms with Gasteiger partial charge in [-0.25, -0.2) is 0 Å². The van der Waals surface area contributed by atoms with Crippen molar-refractivity contribution >= 4 is 11.6 Å². The largest absolute Gasteiger partial charge is 0.459 e. The minimum Gasteiger partial charge on any atom is -0.459 e. The Hall–Kier alpha value is -2.07. The standard InChI is InChI=1S/C15H18N2O2/c1-10-7-8-19-14(10)15(18)17-13-6-4-5-12(9-13)11(2)16-3/h4-9,11,16H,1-3H3,(H,17,18). The zero-order valence-electron chi connectivity index (χ0n) is 11.4. The predicted molar refractivity (Wildman–Crippen MR) is 75.3 cm³/mol. The van der Waals surface area contributed by atoms with Crippen molar-refractivity contribution in [2.75, 3.05) is 12.4 Å². The third-order valence-corrected chi connectivity index (χ3v) is 3.15. The molecule has 0 fully saturated rings. The number of furan rings is 1. The number of amides is 1. The number of carbonyl (C=O) groups excluding carboxylic acids is 1. The summed E-state index contributed by atoms with van der Waals surface area (Å²) in [6.45, 7) is 3.91. The first-order chi connectivity index (χ1) is 9.11. The van der Waals surface area contributed by atoms with Crippen molar-refractivity contribution < 1.29 is 9.21 Å². The first kappa shape index (κ1) is 13.4. The van der Waals surface area contributed by atoms with Crippen molar-refractivity contribution in [2.24, 2.45) is 0 Å². The van der Waals surface area contributed by atoms with Gasteiger partial charge in [0.2, 0.25) is 0 Å². The SMILES string of the molecule is CNC(C)c1cccc(NC(=O)c2occc2C)c1. The van der Waals surface area contributed by atoms with Gasteiger partial charge in [-0.1, -0.05) is 12.1 Å².